The Morgan fingerprint density at radius 2 is 2.36 bits per heavy atom. The van der Waals surface area contributed by atoms with E-state index >= 15 is 0 Å². The zero-order valence-corrected chi connectivity index (χ0v) is 8.27. The van der Waals surface area contributed by atoms with Crippen LogP contribution in [-0.4, -0.2) is 23.5 Å². The second kappa shape index (κ2) is 5.39. The molecule has 0 spiro atoms. The average molecular weight is 197 g/mol. The van der Waals surface area contributed by atoms with Crippen molar-refractivity contribution in [2.45, 2.75) is 19.4 Å². The molecular weight excluding hydrogens is 182 g/mol. The Kier molecular flexibility index (Phi) is 4.12. The van der Waals surface area contributed by atoms with Crippen LogP contribution in [0.5, 0.6) is 0 Å². The van der Waals surface area contributed by atoms with Crippen molar-refractivity contribution in [3.63, 3.8) is 0 Å². The van der Waals surface area contributed by atoms with Crippen LogP contribution in [0.3, 0.4) is 0 Å². The van der Waals surface area contributed by atoms with Crippen molar-refractivity contribution < 1.29 is 4.74 Å². The molecule has 0 fully saturated rings. The summed E-state index contributed by atoms with van der Waals surface area (Å²) in [5, 5.41) is 3.91. The number of anilines is 1. The molecule has 0 aliphatic rings. The number of hydrogen-bond acceptors (Lipinski definition) is 4. The molecule has 0 aliphatic carbocycles. The summed E-state index contributed by atoms with van der Waals surface area (Å²) in [6.07, 6.45) is 3.29. The Morgan fingerprint density at radius 3 is 3.00 bits per heavy atom. The predicted octanol–water partition coefficient (Wildman–Crippen LogP) is 0.252. The molecule has 1 aromatic heterocycles. The van der Waals surface area contributed by atoms with Crippen LogP contribution in [0.25, 0.3) is 0 Å². The second-order valence-electron chi connectivity index (χ2n) is 3.05. The summed E-state index contributed by atoms with van der Waals surface area (Å²) < 4.78 is 6.31. The van der Waals surface area contributed by atoms with E-state index in [1.165, 1.54) is 16.9 Å². The van der Waals surface area contributed by atoms with E-state index < -0.39 is 0 Å². The van der Waals surface area contributed by atoms with Gasteiger partial charge in [0.1, 0.15) is 0 Å². The van der Waals surface area contributed by atoms with Crippen LogP contribution in [0.1, 0.15) is 12.8 Å². The Labute approximate surface area is 82.5 Å². The monoisotopic (exact) mass is 197 g/mol. The lowest BCUT2D eigenvalue weighted by Gasteiger charge is -2.03. The molecule has 0 saturated carbocycles. The third-order valence-electron chi connectivity index (χ3n) is 1.86. The molecule has 0 saturated heterocycles. The summed E-state index contributed by atoms with van der Waals surface area (Å²) in [4.78, 5) is 11.3. The highest BCUT2D eigenvalue weighted by atomic mass is 16.5. The number of rotatable bonds is 5. The van der Waals surface area contributed by atoms with Gasteiger partial charge in [0.25, 0.3) is 5.56 Å². The Morgan fingerprint density at radius 1 is 1.57 bits per heavy atom. The van der Waals surface area contributed by atoms with Crippen molar-refractivity contribution in [1.82, 2.24) is 9.78 Å². The van der Waals surface area contributed by atoms with Crippen LogP contribution in [0, 0.1) is 0 Å². The van der Waals surface area contributed by atoms with Crippen LogP contribution < -0.4 is 11.3 Å². The quantitative estimate of drug-likeness (QED) is 0.687. The van der Waals surface area contributed by atoms with Crippen LogP contribution in [0.15, 0.2) is 17.1 Å². The molecule has 1 heterocycles. The highest BCUT2D eigenvalue weighted by Gasteiger charge is 1.97. The number of aryl methyl sites for hydroxylation is 1. The van der Waals surface area contributed by atoms with Gasteiger partial charge in [0.05, 0.1) is 11.9 Å². The smallest absolute Gasteiger partial charge is 0.268 e. The fraction of sp³-hybridized carbons (Fsp3) is 0.556. The summed E-state index contributed by atoms with van der Waals surface area (Å²) in [5.41, 5.74) is 5.66. The highest BCUT2D eigenvalue weighted by molar-refractivity contribution is 5.31. The zero-order valence-electron chi connectivity index (χ0n) is 8.27. The summed E-state index contributed by atoms with van der Waals surface area (Å²) in [6.45, 7) is 1.33. The normalized spacial score (nSPS) is 10.4. The van der Waals surface area contributed by atoms with Crippen LogP contribution >= 0.6 is 0 Å². The fourth-order valence-electron chi connectivity index (χ4n) is 1.12. The number of hydrogen-bond donors (Lipinski definition) is 1. The van der Waals surface area contributed by atoms with E-state index in [0.29, 0.717) is 18.8 Å². The molecule has 0 radical (unpaired) electrons. The number of methoxy groups -OCH3 is 1. The van der Waals surface area contributed by atoms with E-state index in [9.17, 15) is 4.79 Å². The predicted molar refractivity (Wildman–Crippen MR) is 54.0 cm³/mol. The maximum atomic E-state index is 11.3. The average Bonchev–Trinajstić information content (AvgIpc) is 2.15. The molecule has 5 nitrogen and oxygen atoms in total. The van der Waals surface area contributed by atoms with Crippen molar-refractivity contribution in [2.75, 3.05) is 19.5 Å². The van der Waals surface area contributed by atoms with Crippen LogP contribution in [0.2, 0.25) is 0 Å². The van der Waals surface area contributed by atoms with E-state index in [1.807, 2.05) is 0 Å². The standard InChI is InChI=1S/C9H15N3O2/c1-14-5-3-2-4-12-9(13)6-8(10)7-11-12/h6-7H,2-5,10H2,1H3. The molecular formula is C9H15N3O2. The van der Waals surface area contributed by atoms with Gasteiger partial charge in [0.2, 0.25) is 0 Å². The third-order valence-corrected chi connectivity index (χ3v) is 1.86. The molecule has 0 amide bonds. The number of nitrogen functional groups attached to an aromatic ring is 1. The molecule has 14 heavy (non-hydrogen) atoms. The third kappa shape index (κ3) is 3.18. The minimum absolute atomic E-state index is 0.151. The van der Waals surface area contributed by atoms with E-state index in [4.69, 9.17) is 10.5 Å². The summed E-state index contributed by atoms with van der Waals surface area (Å²) in [7, 11) is 1.66. The van der Waals surface area contributed by atoms with E-state index in [0.717, 1.165) is 12.8 Å². The van der Waals surface area contributed by atoms with E-state index in [2.05, 4.69) is 5.10 Å². The SMILES string of the molecule is COCCCCn1ncc(N)cc1=O. The second-order valence-corrected chi connectivity index (χ2v) is 3.05. The van der Waals surface area contributed by atoms with Crippen LogP contribution in [0.4, 0.5) is 5.69 Å². The lowest BCUT2D eigenvalue weighted by molar-refractivity contribution is 0.190. The van der Waals surface area contributed by atoms with Gasteiger partial charge in [0, 0.05) is 26.3 Å². The van der Waals surface area contributed by atoms with Gasteiger partial charge < -0.3 is 10.5 Å². The van der Waals surface area contributed by atoms with Crippen molar-refractivity contribution >= 4 is 5.69 Å². The molecule has 2 N–H and O–H groups in total. The van der Waals surface area contributed by atoms with Crippen molar-refractivity contribution in [2.24, 2.45) is 0 Å². The van der Waals surface area contributed by atoms with E-state index in [1.54, 1.807) is 7.11 Å². The number of nitrogens with zero attached hydrogens (tertiary/aromatic N) is 2. The van der Waals surface area contributed by atoms with Gasteiger partial charge in [-0.1, -0.05) is 0 Å². The summed E-state index contributed by atoms with van der Waals surface area (Å²) in [6, 6.07) is 1.38. The van der Waals surface area contributed by atoms with Crippen molar-refractivity contribution in [3.05, 3.63) is 22.6 Å². The van der Waals surface area contributed by atoms with Gasteiger partial charge in [-0.3, -0.25) is 4.79 Å². The maximum Gasteiger partial charge on any atom is 0.268 e. The molecule has 78 valence electrons. The number of aromatic nitrogens is 2. The Bertz CT molecular complexity index is 335. The van der Waals surface area contributed by atoms with Gasteiger partial charge in [-0.15, -0.1) is 0 Å². The van der Waals surface area contributed by atoms with Gasteiger partial charge in [-0.05, 0) is 12.8 Å². The summed E-state index contributed by atoms with van der Waals surface area (Å²) in [5.74, 6) is 0. The van der Waals surface area contributed by atoms with Gasteiger partial charge >= 0.3 is 0 Å². The van der Waals surface area contributed by atoms with Gasteiger partial charge in [-0.25, -0.2) is 4.68 Å². The van der Waals surface area contributed by atoms with Crippen molar-refractivity contribution in [3.8, 4) is 0 Å². The topological polar surface area (TPSA) is 70.1 Å². The molecule has 0 aliphatic heterocycles. The van der Waals surface area contributed by atoms with Crippen molar-refractivity contribution in [1.29, 1.82) is 0 Å². The molecule has 0 aromatic carbocycles. The molecule has 1 aromatic rings. The first-order chi connectivity index (χ1) is 6.74. The maximum absolute atomic E-state index is 11.3. The molecule has 0 unspecified atom stereocenters. The highest BCUT2D eigenvalue weighted by Crippen LogP contribution is 1.94. The van der Waals surface area contributed by atoms with Gasteiger partial charge in [0.15, 0.2) is 0 Å². The largest absolute Gasteiger partial charge is 0.397 e. The van der Waals surface area contributed by atoms with Crippen LogP contribution in [-0.2, 0) is 11.3 Å². The van der Waals surface area contributed by atoms with E-state index in [-0.39, 0.29) is 5.56 Å². The number of ether oxygens (including phenoxy) is 1. The zero-order chi connectivity index (χ0) is 10.4. The first-order valence-electron chi connectivity index (χ1n) is 4.55. The number of unbranched alkanes of at least 4 members (excludes halogenated alkanes) is 1. The number of nitrogens with two attached hydrogens (primary N) is 1. The minimum Gasteiger partial charge on any atom is -0.397 e. The Balaban J connectivity index is 2.47. The molecule has 0 atom stereocenters. The summed E-state index contributed by atoms with van der Waals surface area (Å²) >= 11 is 0. The fourth-order valence-corrected chi connectivity index (χ4v) is 1.12. The first-order valence-corrected chi connectivity index (χ1v) is 4.55. The molecule has 0 bridgehead atoms. The lowest BCUT2D eigenvalue weighted by Crippen LogP contribution is -2.22. The molecule has 1 rings (SSSR count). The van der Waals surface area contributed by atoms with Gasteiger partial charge in [-0.2, -0.15) is 5.10 Å². The molecule has 5 heteroatoms. The minimum atomic E-state index is -0.151. The first kappa shape index (κ1) is 10.7. The Hall–Kier alpha value is -1.36. The lowest BCUT2D eigenvalue weighted by atomic mass is 10.3.